The monoisotopic (exact) mass is 478 g/mol. The van der Waals surface area contributed by atoms with Crippen molar-refractivity contribution in [2.45, 2.75) is 47.1 Å². The summed E-state index contributed by atoms with van der Waals surface area (Å²) in [7, 11) is 0. The third kappa shape index (κ3) is 6.11. The predicted octanol–water partition coefficient (Wildman–Crippen LogP) is 3.69. The molecule has 0 saturated carbocycles. The van der Waals surface area contributed by atoms with Gasteiger partial charge in [0, 0.05) is 24.0 Å². The summed E-state index contributed by atoms with van der Waals surface area (Å²) in [5.41, 5.74) is 0.990. The number of nitrogens with one attached hydrogen (secondary N) is 2. The van der Waals surface area contributed by atoms with Crippen LogP contribution < -0.4 is 16.6 Å². The predicted molar refractivity (Wildman–Crippen MR) is 136 cm³/mol. The van der Waals surface area contributed by atoms with Gasteiger partial charge in [0.1, 0.15) is 0 Å². The second-order valence-corrected chi connectivity index (χ2v) is 8.87. The van der Waals surface area contributed by atoms with Crippen LogP contribution in [0.5, 0.6) is 0 Å². The Balaban J connectivity index is 2.01. The van der Waals surface area contributed by atoms with Crippen LogP contribution in [-0.4, -0.2) is 33.0 Å². The van der Waals surface area contributed by atoms with E-state index >= 15 is 0 Å². The van der Waals surface area contributed by atoms with Gasteiger partial charge in [0.25, 0.3) is 11.5 Å². The molecule has 0 bridgehead atoms. The van der Waals surface area contributed by atoms with Crippen LogP contribution in [0.15, 0.2) is 46.0 Å². The molecule has 0 unspecified atom stereocenters. The zero-order valence-corrected chi connectivity index (χ0v) is 20.5. The minimum absolute atomic E-state index is 0.0293. The third-order valence-corrected chi connectivity index (χ3v) is 5.22. The average molecular weight is 479 g/mol. The van der Waals surface area contributed by atoms with Gasteiger partial charge < -0.3 is 10.1 Å². The largest absolute Gasteiger partial charge is 0.463 e. The number of carbonyl (C=O) groups is 2. The second kappa shape index (κ2) is 10.9. The summed E-state index contributed by atoms with van der Waals surface area (Å²) in [6.07, 6.45) is 2.94. The van der Waals surface area contributed by atoms with Gasteiger partial charge in [-0.1, -0.05) is 39.8 Å². The number of benzene rings is 1. The van der Waals surface area contributed by atoms with E-state index in [2.05, 4.69) is 15.3 Å². The minimum Gasteiger partial charge on any atom is -0.463 e. The molecule has 2 heterocycles. The summed E-state index contributed by atoms with van der Waals surface area (Å²) >= 11 is 0. The van der Waals surface area contributed by atoms with Gasteiger partial charge >= 0.3 is 11.7 Å². The maximum absolute atomic E-state index is 13.3. The van der Waals surface area contributed by atoms with Gasteiger partial charge in [-0.2, -0.15) is 0 Å². The fourth-order valence-corrected chi connectivity index (χ4v) is 3.53. The van der Waals surface area contributed by atoms with E-state index in [1.165, 1.54) is 10.6 Å². The number of nitrogens with zero attached hydrogens (tertiary/aromatic N) is 2. The normalized spacial score (nSPS) is 11.5. The van der Waals surface area contributed by atoms with E-state index in [-0.39, 0.29) is 28.4 Å². The SMILES string of the molecule is CCOC(=O)/C=C/c1ccc(NC(=O)c2cc(C(C)C)nc3c2c(=O)[nH]c(=O)n3CC(C)C)cc1. The molecule has 0 radical (unpaired) electrons. The molecular formula is C26H30N4O5. The molecule has 0 aliphatic carbocycles. The minimum atomic E-state index is -0.655. The Hall–Kier alpha value is -4.01. The van der Waals surface area contributed by atoms with Crippen molar-refractivity contribution in [2.75, 3.05) is 11.9 Å². The van der Waals surface area contributed by atoms with Crippen molar-refractivity contribution in [3.05, 3.63) is 74.1 Å². The zero-order chi connectivity index (χ0) is 25.7. The third-order valence-electron chi connectivity index (χ3n) is 5.22. The Labute approximate surface area is 202 Å². The molecule has 9 heteroatoms. The van der Waals surface area contributed by atoms with Crippen molar-refractivity contribution >= 4 is 34.7 Å². The molecule has 0 saturated heterocycles. The van der Waals surface area contributed by atoms with Crippen molar-refractivity contribution in [2.24, 2.45) is 5.92 Å². The average Bonchev–Trinajstić information content (AvgIpc) is 2.80. The maximum Gasteiger partial charge on any atom is 0.330 e. The van der Waals surface area contributed by atoms with Gasteiger partial charge in [0.2, 0.25) is 0 Å². The molecule has 1 aromatic carbocycles. The van der Waals surface area contributed by atoms with E-state index in [9.17, 15) is 19.2 Å². The van der Waals surface area contributed by atoms with Crippen LogP contribution in [-0.2, 0) is 16.1 Å². The van der Waals surface area contributed by atoms with Crippen LogP contribution in [0.2, 0.25) is 0 Å². The van der Waals surface area contributed by atoms with Gasteiger partial charge in [0.15, 0.2) is 5.65 Å². The Bertz CT molecular complexity index is 1380. The molecule has 2 N–H and O–H groups in total. The maximum atomic E-state index is 13.3. The standard InChI is InChI=1S/C26H30N4O5/c1-6-35-21(31)12-9-17-7-10-18(11-8-17)27-24(32)19-13-20(16(4)5)28-23-22(19)25(33)29-26(34)30(23)14-15(2)3/h7-13,15-16H,6,14H2,1-5H3,(H,27,32)(H,29,33,34)/b12-9+. The van der Waals surface area contributed by atoms with Crippen molar-refractivity contribution in [3.8, 4) is 0 Å². The summed E-state index contributed by atoms with van der Waals surface area (Å²) in [5.74, 6) is -0.829. The number of esters is 1. The number of aromatic amines is 1. The number of fused-ring (bicyclic) bond motifs is 1. The number of amides is 1. The van der Waals surface area contributed by atoms with E-state index in [0.717, 1.165) is 5.56 Å². The number of aromatic nitrogens is 3. The first-order valence-corrected chi connectivity index (χ1v) is 11.5. The number of anilines is 1. The lowest BCUT2D eigenvalue weighted by atomic mass is 10.0. The highest BCUT2D eigenvalue weighted by molar-refractivity contribution is 6.11. The molecule has 0 fully saturated rings. The summed E-state index contributed by atoms with van der Waals surface area (Å²) < 4.78 is 6.27. The molecule has 0 aliphatic heterocycles. The van der Waals surface area contributed by atoms with Gasteiger partial charge in [-0.3, -0.25) is 19.1 Å². The fraction of sp³-hybridized carbons (Fsp3) is 0.346. The first-order valence-electron chi connectivity index (χ1n) is 11.5. The van der Waals surface area contributed by atoms with E-state index < -0.39 is 23.1 Å². The number of hydrogen-bond donors (Lipinski definition) is 2. The molecule has 3 aromatic rings. The zero-order valence-electron chi connectivity index (χ0n) is 20.5. The van der Waals surface area contributed by atoms with E-state index in [1.54, 1.807) is 43.3 Å². The number of hydrogen-bond acceptors (Lipinski definition) is 6. The lowest BCUT2D eigenvalue weighted by Crippen LogP contribution is -2.33. The number of rotatable bonds is 8. The quantitative estimate of drug-likeness (QED) is 0.376. The molecule has 0 aliphatic rings. The number of carbonyl (C=O) groups excluding carboxylic acids is 2. The summed E-state index contributed by atoms with van der Waals surface area (Å²) in [4.78, 5) is 57.0. The summed E-state index contributed by atoms with van der Waals surface area (Å²) in [6.45, 7) is 10.1. The molecular weight excluding hydrogens is 448 g/mol. The Kier molecular flexibility index (Phi) is 8.01. The first-order chi connectivity index (χ1) is 16.6. The van der Waals surface area contributed by atoms with Crippen molar-refractivity contribution in [1.29, 1.82) is 0 Å². The van der Waals surface area contributed by atoms with E-state index in [0.29, 0.717) is 24.5 Å². The second-order valence-electron chi connectivity index (χ2n) is 8.87. The fourth-order valence-electron chi connectivity index (χ4n) is 3.53. The summed E-state index contributed by atoms with van der Waals surface area (Å²) in [5, 5.41) is 2.88. The van der Waals surface area contributed by atoms with Crippen LogP contribution in [0, 0.1) is 5.92 Å². The number of H-pyrrole nitrogens is 1. The molecule has 0 atom stereocenters. The van der Waals surface area contributed by atoms with Crippen molar-refractivity contribution in [1.82, 2.24) is 14.5 Å². The van der Waals surface area contributed by atoms with Gasteiger partial charge in [-0.15, -0.1) is 0 Å². The summed E-state index contributed by atoms with van der Waals surface area (Å²) in [6, 6.07) is 8.45. The van der Waals surface area contributed by atoms with Gasteiger partial charge in [0.05, 0.1) is 17.6 Å². The van der Waals surface area contributed by atoms with E-state index in [1.807, 2.05) is 27.7 Å². The number of pyridine rings is 1. The van der Waals surface area contributed by atoms with Crippen LogP contribution in [0.1, 0.15) is 62.2 Å². The Morgan fingerprint density at radius 2 is 1.83 bits per heavy atom. The molecule has 184 valence electrons. The molecule has 0 spiro atoms. The van der Waals surface area contributed by atoms with Crippen molar-refractivity contribution < 1.29 is 14.3 Å². The van der Waals surface area contributed by atoms with Crippen LogP contribution >= 0.6 is 0 Å². The molecule has 35 heavy (non-hydrogen) atoms. The van der Waals surface area contributed by atoms with Crippen molar-refractivity contribution in [3.63, 3.8) is 0 Å². The highest BCUT2D eigenvalue weighted by atomic mass is 16.5. The van der Waals surface area contributed by atoms with Gasteiger partial charge in [-0.05, 0) is 48.6 Å². The van der Waals surface area contributed by atoms with Crippen LogP contribution in [0.25, 0.3) is 17.1 Å². The topological polar surface area (TPSA) is 123 Å². The smallest absolute Gasteiger partial charge is 0.330 e. The number of ether oxygens (including phenoxy) is 1. The van der Waals surface area contributed by atoms with E-state index in [4.69, 9.17) is 4.74 Å². The lowest BCUT2D eigenvalue weighted by molar-refractivity contribution is -0.137. The molecule has 3 rings (SSSR count). The highest BCUT2D eigenvalue weighted by Gasteiger charge is 2.21. The molecule has 2 aromatic heterocycles. The van der Waals surface area contributed by atoms with Gasteiger partial charge in [-0.25, -0.2) is 14.6 Å². The Morgan fingerprint density at radius 1 is 1.14 bits per heavy atom. The molecule has 1 amide bonds. The van der Waals surface area contributed by atoms with Crippen LogP contribution in [0.4, 0.5) is 5.69 Å². The molecule has 9 nitrogen and oxygen atoms in total. The Morgan fingerprint density at radius 3 is 2.43 bits per heavy atom. The highest BCUT2D eigenvalue weighted by Crippen LogP contribution is 2.21. The first kappa shape index (κ1) is 25.6. The van der Waals surface area contributed by atoms with Crippen LogP contribution in [0.3, 0.4) is 0 Å². The lowest BCUT2D eigenvalue weighted by Gasteiger charge is -2.16.